The molecule has 1 aromatic heterocycles. The summed E-state index contributed by atoms with van der Waals surface area (Å²) >= 11 is 2.75. The Bertz CT molecular complexity index is 869. The highest BCUT2D eigenvalue weighted by atomic mass is 32.2. The van der Waals surface area contributed by atoms with Gasteiger partial charge in [0.05, 0.1) is 26.2 Å². The summed E-state index contributed by atoms with van der Waals surface area (Å²) in [7, 11) is 4.66. The van der Waals surface area contributed by atoms with E-state index in [1.165, 1.54) is 23.1 Å². The van der Waals surface area contributed by atoms with E-state index in [-0.39, 0.29) is 5.91 Å². The van der Waals surface area contributed by atoms with Crippen molar-refractivity contribution >= 4 is 45.4 Å². The Kier molecular flexibility index (Phi) is 6.02. The molecule has 0 bridgehead atoms. The van der Waals surface area contributed by atoms with E-state index in [9.17, 15) is 4.79 Å². The van der Waals surface area contributed by atoms with Gasteiger partial charge in [0, 0.05) is 18.1 Å². The van der Waals surface area contributed by atoms with Gasteiger partial charge in [-0.15, -0.1) is 11.3 Å². The first-order chi connectivity index (χ1) is 13.1. The van der Waals surface area contributed by atoms with Gasteiger partial charge < -0.3 is 14.2 Å². The third kappa shape index (κ3) is 3.93. The quantitative estimate of drug-likeness (QED) is 0.681. The topological polar surface area (TPSA) is 73.2 Å². The zero-order valence-corrected chi connectivity index (χ0v) is 17.0. The zero-order chi connectivity index (χ0) is 19.4. The SMILES string of the molecule is CCN1C(=O)/C(=C/c2cc(OC)c(OC)c(OC)c2)S/C1=N/c1nccs1. The third-order valence-corrected chi connectivity index (χ3v) is 5.47. The molecule has 142 valence electrons. The molecule has 1 aromatic carbocycles. The molecule has 0 spiro atoms. The summed E-state index contributed by atoms with van der Waals surface area (Å²) in [6.07, 6.45) is 3.49. The normalized spacial score (nSPS) is 17.0. The molecule has 1 amide bonds. The first-order valence-electron chi connectivity index (χ1n) is 8.10. The van der Waals surface area contributed by atoms with Gasteiger partial charge in [-0.25, -0.2) is 4.98 Å². The van der Waals surface area contributed by atoms with Crippen molar-refractivity contribution in [2.75, 3.05) is 27.9 Å². The van der Waals surface area contributed by atoms with E-state index in [0.29, 0.717) is 39.0 Å². The number of aromatic nitrogens is 1. The number of rotatable bonds is 6. The van der Waals surface area contributed by atoms with E-state index >= 15 is 0 Å². The lowest BCUT2D eigenvalue weighted by Gasteiger charge is -2.13. The van der Waals surface area contributed by atoms with Crippen molar-refractivity contribution < 1.29 is 19.0 Å². The molecule has 0 atom stereocenters. The second-order valence-electron chi connectivity index (χ2n) is 5.33. The largest absolute Gasteiger partial charge is 0.493 e. The van der Waals surface area contributed by atoms with Crippen LogP contribution in [0.25, 0.3) is 6.08 Å². The molecule has 1 aliphatic heterocycles. The van der Waals surface area contributed by atoms with Gasteiger partial charge in [-0.05, 0) is 42.5 Å². The number of ether oxygens (including phenoxy) is 3. The van der Waals surface area contributed by atoms with Crippen LogP contribution in [0.3, 0.4) is 0 Å². The number of aliphatic imine (C=N–C) groups is 1. The number of carbonyl (C=O) groups is 1. The molecule has 27 heavy (non-hydrogen) atoms. The van der Waals surface area contributed by atoms with Crippen LogP contribution >= 0.6 is 23.1 Å². The average Bonchev–Trinajstić information content (AvgIpc) is 3.29. The standard InChI is InChI=1S/C18H19N3O4S2/c1-5-21-16(22)14(27-18(21)20-17-19-6-7-26-17)10-11-8-12(23-2)15(25-4)13(9-11)24-3/h6-10H,5H2,1-4H3/b14-10-,20-18+. The average molecular weight is 406 g/mol. The van der Waals surface area contributed by atoms with Crippen molar-refractivity contribution in [3.63, 3.8) is 0 Å². The lowest BCUT2D eigenvalue weighted by Crippen LogP contribution is -2.28. The van der Waals surface area contributed by atoms with Crippen molar-refractivity contribution in [2.24, 2.45) is 4.99 Å². The molecule has 7 nitrogen and oxygen atoms in total. The fourth-order valence-corrected chi connectivity index (χ4v) is 4.16. The van der Waals surface area contributed by atoms with Crippen LogP contribution in [0.2, 0.25) is 0 Å². The monoisotopic (exact) mass is 405 g/mol. The predicted octanol–water partition coefficient (Wildman–Crippen LogP) is 3.79. The molecule has 2 heterocycles. The molecule has 0 radical (unpaired) electrons. The van der Waals surface area contributed by atoms with Crippen molar-refractivity contribution in [1.82, 2.24) is 9.88 Å². The van der Waals surface area contributed by atoms with Gasteiger partial charge in [-0.3, -0.25) is 9.69 Å². The summed E-state index contributed by atoms with van der Waals surface area (Å²) in [6, 6.07) is 3.60. The van der Waals surface area contributed by atoms with Gasteiger partial charge in [0.2, 0.25) is 10.9 Å². The third-order valence-electron chi connectivity index (χ3n) is 3.80. The summed E-state index contributed by atoms with van der Waals surface area (Å²) in [5.41, 5.74) is 0.770. The summed E-state index contributed by atoms with van der Waals surface area (Å²) < 4.78 is 16.1. The first kappa shape index (κ1) is 19.2. The molecular weight excluding hydrogens is 386 g/mol. The number of carbonyl (C=O) groups excluding carboxylic acids is 1. The Morgan fingerprint density at radius 2 is 1.89 bits per heavy atom. The Morgan fingerprint density at radius 3 is 2.41 bits per heavy atom. The summed E-state index contributed by atoms with van der Waals surface area (Å²) in [5, 5.41) is 3.10. The number of likely N-dealkylation sites (N-methyl/N-ethyl adjacent to an activating group) is 1. The lowest BCUT2D eigenvalue weighted by molar-refractivity contribution is -0.122. The second kappa shape index (κ2) is 8.45. The molecule has 0 aliphatic carbocycles. The van der Waals surface area contributed by atoms with E-state index < -0.39 is 0 Å². The number of hydrogen-bond acceptors (Lipinski definition) is 8. The van der Waals surface area contributed by atoms with Crippen LogP contribution in [0, 0.1) is 0 Å². The van der Waals surface area contributed by atoms with E-state index in [0.717, 1.165) is 5.56 Å². The molecule has 1 saturated heterocycles. The smallest absolute Gasteiger partial charge is 0.266 e. The van der Waals surface area contributed by atoms with Gasteiger partial charge in [-0.2, -0.15) is 4.99 Å². The maximum atomic E-state index is 12.8. The Morgan fingerprint density at radius 1 is 1.19 bits per heavy atom. The number of amidine groups is 1. The van der Waals surface area contributed by atoms with Crippen molar-refractivity contribution in [3.05, 3.63) is 34.2 Å². The van der Waals surface area contributed by atoms with Gasteiger partial charge in [-0.1, -0.05) is 0 Å². The fourth-order valence-electron chi connectivity index (χ4n) is 2.56. The molecule has 3 rings (SSSR count). The maximum absolute atomic E-state index is 12.8. The van der Waals surface area contributed by atoms with Crippen LogP contribution in [-0.2, 0) is 4.79 Å². The zero-order valence-electron chi connectivity index (χ0n) is 15.4. The van der Waals surface area contributed by atoms with Gasteiger partial charge in [0.1, 0.15) is 0 Å². The number of hydrogen-bond donors (Lipinski definition) is 0. The minimum absolute atomic E-state index is 0.0912. The van der Waals surface area contributed by atoms with Crippen LogP contribution in [0.5, 0.6) is 17.2 Å². The van der Waals surface area contributed by atoms with Gasteiger partial charge >= 0.3 is 0 Å². The molecule has 1 aliphatic rings. The Hall–Kier alpha value is -2.52. The van der Waals surface area contributed by atoms with Crippen molar-refractivity contribution in [3.8, 4) is 17.2 Å². The molecule has 1 fully saturated rings. The first-order valence-corrected chi connectivity index (χ1v) is 9.80. The molecule has 0 saturated carbocycles. The summed E-state index contributed by atoms with van der Waals surface area (Å²) in [4.78, 5) is 23.6. The van der Waals surface area contributed by atoms with E-state index in [1.807, 2.05) is 12.3 Å². The lowest BCUT2D eigenvalue weighted by atomic mass is 10.1. The van der Waals surface area contributed by atoms with Crippen LogP contribution < -0.4 is 14.2 Å². The number of amides is 1. The minimum Gasteiger partial charge on any atom is -0.493 e. The molecule has 0 N–H and O–H groups in total. The number of methoxy groups -OCH3 is 3. The number of thioether (sulfide) groups is 1. The number of nitrogens with zero attached hydrogens (tertiary/aromatic N) is 3. The van der Waals surface area contributed by atoms with Crippen LogP contribution in [0.1, 0.15) is 12.5 Å². The highest BCUT2D eigenvalue weighted by Gasteiger charge is 2.32. The maximum Gasteiger partial charge on any atom is 0.266 e. The van der Waals surface area contributed by atoms with Gasteiger partial charge in [0.15, 0.2) is 16.7 Å². The summed E-state index contributed by atoms with van der Waals surface area (Å²) in [6.45, 7) is 2.45. The van der Waals surface area contributed by atoms with E-state index in [4.69, 9.17) is 14.2 Å². The highest BCUT2D eigenvalue weighted by Crippen LogP contribution is 2.40. The fraction of sp³-hybridized carbons (Fsp3) is 0.278. The van der Waals surface area contributed by atoms with Crippen LogP contribution in [0.4, 0.5) is 5.13 Å². The predicted molar refractivity (Wildman–Crippen MR) is 108 cm³/mol. The molecule has 0 unspecified atom stereocenters. The molecular formula is C18H19N3O4S2. The van der Waals surface area contributed by atoms with Gasteiger partial charge in [0.25, 0.3) is 5.91 Å². The Labute approximate surface area is 165 Å². The van der Waals surface area contributed by atoms with E-state index in [2.05, 4.69) is 9.98 Å². The van der Waals surface area contributed by atoms with Crippen molar-refractivity contribution in [2.45, 2.75) is 6.92 Å². The summed E-state index contributed by atoms with van der Waals surface area (Å²) in [5.74, 6) is 1.48. The van der Waals surface area contributed by atoms with Crippen LogP contribution in [0.15, 0.2) is 33.6 Å². The Balaban J connectivity index is 1.98. The number of benzene rings is 1. The van der Waals surface area contributed by atoms with Crippen molar-refractivity contribution in [1.29, 1.82) is 0 Å². The molecule has 2 aromatic rings. The number of thiazole rings is 1. The highest BCUT2D eigenvalue weighted by molar-refractivity contribution is 8.18. The minimum atomic E-state index is -0.0912. The van der Waals surface area contributed by atoms with Crippen LogP contribution in [-0.4, -0.2) is 48.8 Å². The second-order valence-corrected chi connectivity index (χ2v) is 7.21. The van der Waals surface area contributed by atoms with E-state index in [1.54, 1.807) is 50.6 Å². The molecule has 9 heteroatoms.